The van der Waals surface area contributed by atoms with Crippen molar-refractivity contribution in [3.05, 3.63) is 24.3 Å². The van der Waals surface area contributed by atoms with E-state index >= 15 is 0 Å². The smallest absolute Gasteiger partial charge is 0.331 e. The molecule has 0 fully saturated rings. The second kappa shape index (κ2) is 5.40. The summed E-state index contributed by atoms with van der Waals surface area (Å²) in [4.78, 5) is 11.7. The van der Waals surface area contributed by atoms with Crippen molar-refractivity contribution in [2.75, 3.05) is 0 Å². The fourth-order valence-electron chi connectivity index (χ4n) is 2.33. The van der Waals surface area contributed by atoms with Crippen molar-refractivity contribution < 1.29 is 9.90 Å². The maximum Gasteiger partial charge on any atom is 0.331 e. The number of rotatable bonds is 6. The number of aromatic nitrogens is 6. The highest BCUT2D eigenvalue weighted by Gasteiger charge is 2.41. The van der Waals surface area contributed by atoms with Gasteiger partial charge in [-0.3, -0.25) is 4.68 Å². The van der Waals surface area contributed by atoms with Crippen LogP contribution in [0.2, 0.25) is 0 Å². The number of carboxylic acids is 1. The van der Waals surface area contributed by atoms with Crippen LogP contribution in [0.1, 0.15) is 45.5 Å². The Kier molecular flexibility index (Phi) is 3.82. The van der Waals surface area contributed by atoms with Gasteiger partial charge in [0, 0.05) is 12.4 Å². The molecule has 0 aliphatic rings. The van der Waals surface area contributed by atoms with Crippen LogP contribution in [-0.4, -0.2) is 41.1 Å². The Morgan fingerprint density at radius 1 is 1.45 bits per heavy atom. The molecule has 2 heterocycles. The molecule has 0 saturated heterocycles. The highest BCUT2D eigenvalue weighted by atomic mass is 16.4. The van der Waals surface area contributed by atoms with Crippen LogP contribution in [-0.2, 0) is 10.3 Å². The first-order valence-electron chi connectivity index (χ1n) is 6.58. The van der Waals surface area contributed by atoms with Crippen LogP contribution in [0, 0.1) is 0 Å². The molecular formula is C12H18N6O2. The fourth-order valence-corrected chi connectivity index (χ4v) is 2.33. The molecule has 0 saturated carbocycles. The minimum atomic E-state index is -1.12. The number of aliphatic carboxylic acids is 1. The Balaban J connectivity index is 2.49. The summed E-state index contributed by atoms with van der Waals surface area (Å²) >= 11 is 0. The quantitative estimate of drug-likeness (QED) is 0.848. The van der Waals surface area contributed by atoms with Gasteiger partial charge in [-0.2, -0.15) is 5.10 Å². The van der Waals surface area contributed by atoms with Gasteiger partial charge in [-0.15, -0.1) is 5.10 Å². The predicted molar refractivity (Wildman–Crippen MR) is 70.0 cm³/mol. The summed E-state index contributed by atoms with van der Waals surface area (Å²) in [5.74, 6) is -0.441. The largest absolute Gasteiger partial charge is 0.479 e. The molecule has 0 aliphatic carbocycles. The maximum atomic E-state index is 11.7. The second-order valence-electron chi connectivity index (χ2n) is 4.65. The van der Waals surface area contributed by atoms with E-state index in [2.05, 4.69) is 20.6 Å². The van der Waals surface area contributed by atoms with Gasteiger partial charge in [-0.25, -0.2) is 9.48 Å². The average Bonchev–Trinajstić information content (AvgIpc) is 3.11. The lowest BCUT2D eigenvalue weighted by molar-refractivity contribution is -0.149. The molecule has 0 aliphatic heterocycles. The third kappa shape index (κ3) is 2.06. The van der Waals surface area contributed by atoms with Crippen molar-refractivity contribution in [3.8, 4) is 0 Å². The van der Waals surface area contributed by atoms with Crippen molar-refractivity contribution in [1.29, 1.82) is 0 Å². The first-order valence-corrected chi connectivity index (χ1v) is 6.58. The van der Waals surface area contributed by atoms with Crippen LogP contribution in [0.25, 0.3) is 0 Å². The molecule has 20 heavy (non-hydrogen) atoms. The third-order valence-corrected chi connectivity index (χ3v) is 3.76. The van der Waals surface area contributed by atoms with Gasteiger partial charge in [0.25, 0.3) is 0 Å². The molecule has 0 aromatic carbocycles. The highest BCUT2D eigenvalue weighted by Crippen LogP contribution is 2.28. The van der Waals surface area contributed by atoms with Crippen LogP contribution in [0.4, 0.5) is 0 Å². The van der Waals surface area contributed by atoms with Crippen LogP contribution in [0.5, 0.6) is 0 Å². The molecular weight excluding hydrogens is 260 g/mol. The van der Waals surface area contributed by atoms with E-state index in [-0.39, 0.29) is 6.04 Å². The number of hydrogen-bond acceptors (Lipinski definition) is 5. The van der Waals surface area contributed by atoms with E-state index in [1.165, 1.54) is 4.68 Å². The molecule has 2 aromatic rings. The number of hydrogen-bond donors (Lipinski definition) is 1. The first kappa shape index (κ1) is 14.2. The molecule has 8 nitrogen and oxygen atoms in total. The Bertz CT molecular complexity index is 573. The van der Waals surface area contributed by atoms with Crippen molar-refractivity contribution in [3.63, 3.8) is 0 Å². The molecule has 8 heteroatoms. The van der Waals surface area contributed by atoms with Crippen molar-refractivity contribution in [2.45, 2.75) is 45.2 Å². The minimum absolute atomic E-state index is 0.239. The molecule has 2 aromatic heterocycles. The Morgan fingerprint density at radius 3 is 2.65 bits per heavy atom. The van der Waals surface area contributed by atoms with Crippen LogP contribution in [0.15, 0.2) is 18.5 Å². The maximum absolute atomic E-state index is 11.7. The Hall–Kier alpha value is -2.25. The predicted octanol–water partition coefficient (Wildman–Crippen LogP) is 1.08. The van der Waals surface area contributed by atoms with Gasteiger partial charge in [-0.05, 0) is 36.3 Å². The summed E-state index contributed by atoms with van der Waals surface area (Å²) in [6.07, 6.45) is 4.27. The lowest BCUT2D eigenvalue weighted by atomic mass is 9.93. The van der Waals surface area contributed by atoms with E-state index in [4.69, 9.17) is 0 Å². The van der Waals surface area contributed by atoms with E-state index in [0.717, 1.165) is 0 Å². The zero-order valence-corrected chi connectivity index (χ0v) is 11.8. The van der Waals surface area contributed by atoms with Crippen molar-refractivity contribution in [2.24, 2.45) is 0 Å². The van der Waals surface area contributed by atoms with Crippen LogP contribution in [0.3, 0.4) is 0 Å². The Morgan fingerprint density at radius 2 is 2.15 bits per heavy atom. The molecule has 0 amide bonds. The van der Waals surface area contributed by atoms with Gasteiger partial charge < -0.3 is 5.11 Å². The summed E-state index contributed by atoms with van der Waals surface area (Å²) < 4.78 is 3.11. The molecule has 1 N–H and O–H groups in total. The fraction of sp³-hybridized carbons (Fsp3) is 0.583. The number of carbonyl (C=O) groups is 1. The summed E-state index contributed by atoms with van der Waals surface area (Å²) in [5, 5.41) is 25.3. The van der Waals surface area contributed by atoms with Gasteiger partial charge in [0.2, 0.25) is 0 Å². The van der Waals surface area contributed by atoms with Crippen molar-refractivity contribution in [1.82, 2.24) is 30.0 Å². The standard InChI is InChI=1S/C12H18N6O2/c1-4-12(5-2,11(19)20)18-10(14-15-16-18)9(3)17-8-6-7-13-17/h6-9H,4-5H2,1-3H3,(H,19,20). The van der Waals surface area contributed by atoms with E-state index in [1.807, 2.05) is 20.8 Å². The molecule has 1 unspecified atom stereocenters. The molecule has 0 bridgehead atoms. The number of tetrazole rings is 1. The molecule has 0 radical (unpaired) electrons. The zero-order valence-electron chi connectivity index (χ0n) is 11.8. The average molecular weight is 278 g/mol. The van der Waals surface area contributed by atoms with Gasteiger partial charge in [0.05, 0.1) is 0 Å². The lowest BCUT2D eigenvalue weighted by Gasteiger charge is -2.28. The highest BCUT2D eigenvalue weighted by molar-refractivity contribution is 5.76. The SMILES string of the molecule is CCC(CC)(C(=O)O)n1nnnc1C(C)n1cccn1. The van der Waals surface area contributed by atoms with Gasteiger partial charge in [0.1, 0.15) is 6.04 Å². The van der Waals surface area contributed by atoms with Gasteiger partial charge in [0.15, 0.2) is 11.4 Å². The second-order valence-corrected chi connectivity index (χ2v) is 4.65. The zero-order chi connectivity index (χ0) is 14.8. The van der Waals surface area contributed by atoms with E-state index in [0.29, 0.717) is 18.7 Å². The van der Waals surface area contributed by atoms with E-state index in [9.17, 15) is 9.90 Å². The summed E-state index contributed by atoms with van der Waals surface area (Å²) in [6, 6.07) is 1.56. The minimum Gasteiger partial charge on any atom is -0.479 e. The molecule has 1 atom stereocenters. The molecule has 2 rings (SSSR count). The van der Waals surface area contributed by atoms with Crippen LogP contribution < -0.4 is 0 Å². The topological polar surface area (TPSA) is 98.7 Å². The van der Waals surface area contributed by atoms with Crippen molar-refractivity contribution >= 4 is 5.97 Å². The first-order chi connectivity index (χ1) is 9.56. The molecule has 108 valence electrons. The number of carboxylic acid groups (broad SMARTS) is 1. The summed E-state index contributed by atoms with van der Waals surface area (Å²) in [7, 11) is 0. The van der Waals surface area contributed by atoms with E-state index in [1.54, 1.807) is 23.1 Å². The van der Waals surface area contributed by atoms with E-state index < -0.39 is 11.5 Å². The monoisotopic (exact) mass is 278 g/mol. The Labute approximate surface area is 116 Å². The van der Waals surface area contributed by atoms with Crippen LogP contribution >= 0.6 is 0 Å². The summed E-state index contributed by atoms with van der Waals surface area (Å²) in [5.41, 5.74) is -1.12. The van der Waals surface area contributed by atoms with Gasteiger partial charge in [-0.1, -0.05) is 13.8 Å². The summed E-state index contributed by atoms with van der Waals surface area (Å²) in [6.45, 7) is 5.52. The molecule has 0 spiro atoms. The lowest BCUT2D eigenvalue weighted by Crippen LogP contribution is -2.43. The number of nitrogens with zero attached hydrogens (tertiary/aromatic N) is 6. The third-order valence-electron chi connectivity index (χ3n) is 3.76. The van der Waals surface area contributed by atoms with Gasteiger partial charge >= 0.3 is 5.97 Å². The normalized spacial score (nSPS) is 13.3.